The first-order valence-corrected chi connectivity index (χ1v) is 8.75. The summed E-state index contributed by atoms with van der Waals surface area (Å²) in [6.07, 6.45) is 5.58. The van der Waals surface area contributed by atoms with E-state index in [1.54, 1.807) is 41.6 Å². The Morgan fingerprint density at radius 3 is 2.88 bits per heavy atom. The van der Waals surface area contributed by atoms with Gasteiger partial charge >= 0.3 is 0 Å². The highest BCUT2D eigenvalue weighted by molar-refractivity contribution is 6.30. The lowest BCUT2D eigenvalue weighted by Crippen LogP contribution is -2.39. The molecular formula is C19H21ClN2O3. The van der Waals surface area contributed by atoms with Gasteiger partial charge in [0.25, 0.3) is 5.91 Å². The van der Waals surface area contributed by atoms with Gasteiger partial charge in [0.05, 0.1) is 6.10 Å². The van der Waals surface area contributed by atoms with Crippen molar-refractivity contribution in [2.24, 2.45) is 0 Å². The Morgan fingerprint density at radius 1 is 1.32 bits per heavy atom. The van der Waals surface area contributed by atoms with Crippen LogP contribution in [0.1, 0.15) is 18.4 Å². The van der Waals surface area contributed by atoms with Gasteiger partial charge in [-0.2, -0.15) is 0 Å². The van der Waals surface area contributed by atoms with Crippen molar-refractivity contribution in [3.8, 4) is 5.75 Å². The molecule has 2 aromatic rings. The van der Waals surface area contributed by atoms with Gasteiger partial charge in [-0.25, -0.2) is 0 Å². The second kappa shape index (κ2) is 8.83. The standard InChI is InChI=1S/C19H21ClN2O3/c20-16-3-1-4-17(11-16)25-14-19(23)22(13-18-5-2-10-24-18)12-15-6-8-21-9-7-15/h1,3-4,6-9,11,18H,2,5,10,12-14H2/t18-/m1/s1. The van der Waals surface area contributed by atoms with Crippen LogP contribution >= 0.6 is 11.6 Å². The van der Waals surface area contributed by atoms with Gasteiger partial charge < -0.3 is 14.4 Å². The third kappa shape index (κ3) is 5.44. The summed E-state index contributed by atoms with van der Waals surface area (Å²) in [7, 11) is 0. The van der Waals surface area contributed by atoms with Crippen LogP contribution in [0.2, 0.25) is 5.02 Å². The van der Waals surface area contributed by atoms with Crippen molar-refractivity contribution >= 4 is 17.5 Å². The predicted octanol–water partition coefficient (Wildman–Crippen LogP) is 3.32. The molecule has 0 aliphatic carbocycles. The van der Waals surface area contributed by atoms with E-state index < -0.39 is 0 Å². The van der Waals surface area contributed by atoms with Gasteiger partial charge in [-0.05, 0) is 48.7 Å². The molecule has 0 saturated carbocycles. The van der Waals surface area contributed by atoms with Crippen LogP contribution < -0.4 is 4.74 Å². The van der Waals surface area contributed by atoms with Gasteiger partial charge in [0.2, 0.25) is 0 Å². The monoisotopic (exact) mass is 360 g/mol. The van der Waals surface area contributed by atoms with Crippen LogP contribution in [-0.4, -0.2) is 41.7 Å². The Morgan fingerprint density at radius 2 is 2.16 bits per heavy atom. The highest BCUT2D eigenvalue weighted by atomic mass is 35.5. The van der Waals surface area contributed by atoms with Crippen molar-refractivity contribution < 1.29 is 14.3 Å². The maximum Gasteiger partial charge on any atom is 0.260 e. The average Bonchev–Trinajstić information content (AvgIpc) is 3.13. The zero-order valence-corrected chi connectivity index (χ0v) is 14.7. The van der Waals surface area contributed by atoms with E-state index in [0.717, 1.165) is 25.0 Å². The zero-order valence-electron chi connectivity index (χ0n) is 13.9. The molecule has 132 valence electrons. The minimum atomic E-state index is -0.0766. The van der Waals surface area contributed by atoms with Gasteiger partial charge in [0, 0.05) is 37.1 Å². The second-order valence-electron chi connectivity index (χ2n) is 6.01. The first kappa shape index (κ1) is 17.7. The fourth-order valence-electron chi connectivity index (χ4n) is 2.79. The Labute approximate surface area is 152 Å². The number of pyridine rings is 1. The van der Waals surface area contributed by atoms with Crippen LogP contribution in [0.15, 0.2) is 48.8 Å². The number of ether oxygens (including phenoxy) is 2. The summed E-state index contributed by atoms with van der Waals surface area (Å²) in [4.78, 5) is 18.5. The van der Waals surface area contributed by atoms with E-state index in [4.69, 9.17) is 21.1 Å². The molecule has 5 nitrogen and oxygen atoms in total. The number of hydrogen-bond donors (Lipinski definition) is 0. The Hall–Kier alpha value is -2.11. The van der Waals surface area contributed by atoms with Crippen molar-refractivity contribution in [3.05, 3.63) is 59.4 Å². The van der Waals surface area contributed by atoms with Gasteiger partial charge in [-0.1, -0.05) is 17.7 Å². The third-order valence-corrected chi connectivity index (χ3v) is 4.32. The molecule has 1 aromatic heterocycles. The van der Waals surface area contributed by atoms with E-state index in [2.05, 4.69) is 4.98 Å². The molecule has 1 amide bonds. The molecule has 1 aliphatic heterocycles. The Kier molecular flexibility index (Phi) is 6.25. The summed E-state index contributed by atoms with van der Waals surface area (Å²) < 4.78 is 11.3. The largest absolute Gasteiger partial charge is 0.484 e. The van der Waals surface area contributed by atoms with Crippen molar-refractivity contribution in [1.82, 2.24) is 9.88 Å². The van der Waals surface area contributed by atoms with Crippen molar-refractivity contribution in [2.45, 2.75) is 25.5 Å². The van der Waals surface area contributed by atoms with Crippen molar-refractivity contribution in [1.29, 1.82) is 0 Å². The Balaban J connectivity index is 1.63. The SMILES string of the molecule is O=C(COc1cccc(Cl)c1)N(Cc1ccncc1)C[C@H]1CCCO1. The molecule has 1 aliphatic rings. The number of hydrogen-bond acceptors (Lipinski definition) is 4. The highest BCUT2D eigenvalue weighted by Crippen LogP contribution is 2.18. The van der Waals surface area contributed by atoms with Crippen LogP contribution in [0.25, 0.3) is 0 Å². The van der Waals surface area contributed by atoms with Crippen LogP contribution in [-0.2, 0) is 16.1 Å². The number of carbonyl (C=O) groups excluding carboxylic acids is 1. The topological polar surface area (TPSA) is 51.7 Å². The smallest absolute Gasteiger partial charge is 0.260 e. The minimum absolute atomic E-state index is 0.0296. The lowest BCUT2D eigenvalue weighted by atomic mass is 10.2. The van der Waals surface area contributed by atoms with Gasteiger partial charge in [0.1, 0.15) is 5.75 Å². The number of benzene rings is 1. The van der Waals surface area contributed by atoms with Crippen LogP contribution in [0, 0.1) is 0 Å². The first-order valence-electron chi connectivity index (χ1n) is 8.37. The number of rotatable bonds is 7. The number of carbonyl (C=O) groups is 1. The third-order valence-electron chi connectivity index (χ3n) is 4.08. The summed E-state index contributed by atoms with van der Waals surface area (Å²) in [6, 6.07) is 10.9. The van der Waals surface area contributed by atoms with E-state index in [1.165, 1.54) is 0 Å². The molecule has 0 N–H and O–H groups in total. The van der Waals surface area contributed by atoms with Gasteiger partial charge in [-0.15, -0.1) is 0 Å². The van der Waals surface area contributed by atoms with Gasteiger partial charge in [-0.3, -0.25) is 9.78 Å². The molecule has 3 rings (SSSR count). The normalized spacial score (nSPS) is 16.6. The van der Waals surface area contributed by atoms with E-state index in [1.807, 2.05) is 12.1 Å². The fourth-order valence-corrected chi connectivity index (χ4v) is 2.97. The molecule has 1 atom stereocenters. The molecule has 1 fully saturated rings. The minimum Gasteiger partial charge on any atom is -0.484 e. The summed E-state index contributed by atoms with van der Waals surface area (Å²) in [6.45, 7) is 1.82. The van der Waals surface area contributed by atoms with Gasteiger partial charge in [0.15, 0.2) is 6.61 Å². The first-order chi connectivity index (χ1) is 12.2. The summed E-state index contributed by atoms with van der Waals surface area (Å²) >= 11 is 5.95. The number of nitrogens with zero attached hydrogens (tertiary/aromatic N) is 2. The fraction of sp³-hybridized carbons (Fsp3) is 0.368. The van der Waals surface area contributed by atoms with Crippen LogP contribution in [0.4, 0.5) is 0 Å². The molecule has 1 aromatic carbocycles. The van der Waals surface area contributed by atoms with Crippen molar-refractivity contribution in [2.75, 3.05) is 19.8 Å². The molecule has 2 heterocycles. The summed E-state index contributed by atoms with van der Waals surface area (Å²) in [5, 5.41) is 0.581. The summed E-state index contributed by atoms with van der Waals surface area (Å²) in [5.74, 6) is 0.508. The van der Waals surface area contributed by atoms with E-state index in [0.29, 0.717) is 23.9 Å². The van der Waals surface area contributed by atoms with E-state index in [-0.39, 0.29) is 18.6 Å². The quantitative estimate of drug-likeness (QED) is 0.760. The molecule has 25 heavy (non-hydrogen) atoms. The van der Waals surface area contributed by atoms with Crippen molar-refractivity contribution in [3.63, 3.8) is 0 Å². The van der Waals surface area contributed by atoms with Crippen LogP contribution in [0.3, 0.4) is 0 Å². The molecule has 1 saturated heterocycles. The highest BCUT2D eigenvalue weighted by Gasteiger charge is 2.23. The summed E-state index contributed by atoms with van der Waals surface area (Å²) in [5.41, 5.74) is 1.03. The number of amides is 1. The van der Waals surface area contributed by atoms with E-state index >= 15 is 0 Å². The molecule has 0 unspecified atom stereocenters. The molecule has 0 spiro atoms. The predicted molar refractivity (Wildman–Crippen MR) is 95.6 cm³/mol. The van der Waals surface area contributed by atoms with Crippen LogP contribution in [0.5, 0.6) is 5.75 Å². The molecule has 0 bridgehead atoms. The zero-order chi connectivity index (χ0) is 17.5. The second-order valence-corrected chi connectivity index (χ2v) is 6.45. The maximum absolute atomic E-state index is 12.7. The number of halogens is 1. The molecular weight excluding hydrogens is 340 g/mol. The maximum atomic E-state index is 12.7. The molecule has 6 heteroatoms. The Bertz CT molecular complexity index is 690. The van der Waals surface area contributed by atoms with E-state index in [9.17, 15) is 4.79 Å². The molecule has 0 radical (unpaired) electrons. The number of aromatic nitrogens is 1. The average molecular weight is 361 g/mol. The lowest BCUT2D eigenvalue weighted by molar-refractivity contribution is -0.135. The lowest BCUT2D eigenvalue weighted by Gasteiger charge is -2.25.